The molecule has 0 spiro atoms. The van der Waals surface area contributed by atoms with Gasteiger partial charge in [0.1, 0.15) is 11.4 Å². The molecule has 0 aliphatic carbocycles. The van der Waals surface area contributed by atoms with Crippen molar-refractivity contribution in [3.63, 3.8) is 0 Å². The molecule has 3 aromatic carbocycles. The van der Waals surface area contributed by atoms with Gasteiger partial charge in [0.15, 0.2) is 5.13 Å². The molecule has 1 N–H and O–H groups in total. The van der Waals surface area contributed by atoms with Crippen LogP contribution in [0.15, 0.2) is 98.3 Å². The molecule has 0 saturated heterocycles. The van der Waals surface area contributed by atoms with E-state index in [1.54, 1.807) is 0 Å². The van der Waals surface area contributed by atoms with E-state index in [9.17, 15) is 4.79 Å². The van der Waals surface area contributed by atoms with Crippen LogP contribution in [0.2, 0.25) is 0 Å². The largest absolute Gasteiger partial charge is 0.301 e. The first-order chi connectivity index (χ1) is 17.5. The van der Waals surface area contributed by atoms with E-state index in [1.165, 1.54) is 23.1 Å². The molecule has 0 radical (unpaired) electrons. The van der Waals surface area contributed by atoms with E-state index in [0.29, 0.717) is 21.7 Å². The van der Waals surface area contributed by atoms with E-state index in [2.05, 4.69) is 52.4 Å². The Morgan fingerprint density at radius 2 is 1.42 bits per heavy atom. The van der Waals surface area contributed by atoms with Crippen molar-refractivity contribution >= 4 is 66.0 Å². The van der Waals surface area contributed by atoms with E-state index in [4.69, 9.17) is 4.98 Å². The van der Waals surface area contributed by atoms with Crippen molar-refractivity contribution in [1.82, 2.24) is 20.2 Å². The molecule has 0 fully saturated rings. The maximum Gasteiger partial charge on any atom is 0.236 e. The van der Waals surface area contributed by atoms with Crippen LogP contribution in [0.25, 0.3) is 33.8 Å². The number of amides is 1. The number of aromatic nitrogens is 4. The summed E-state index contributed by atoms with van der Waals surface area (Å²) < 4.78 is 1.95. The third-order valence-corrected chi connectivity index (χ3v) is 7.71. The first-order valence-corrected chi connectivity index (χ1v) is 14.2. The van der Waals surface area contributed by atoms with Gasteiger partial charge in [-0.3, -0.25) is 4.79 Å². The van der Waals surface area contributed by atoms with Crippen molar-refractivity contribution in [1.29, 1.82) is 0 Å². The molecule has 0 aliphatic heterocycles. The van der Waals surface area contributed by atoms with Crippen LogP contribution >= 0.6 is 55.0 Å². The highest BCUT2D eigenvalue weighted by atomic mass is 79.9. The lowest BCUT2D eigenvalue weighted by Crippen LogP contribution is -2.14. The fourth-order valence-electron chi connectivity index (χ4n) is 3.34. The number of halogens is 2. The Balaban J connectivity index is 1.32. The molecule has 0 aliphatic rings. The first kappa shape index (κ1) is 24.8. The maximum atomic E-state index is 12.6. The third kappa shape index (κ3) is 6.07. The molecular formula is C26H17Br2N5OS2. The lowest BCUT2D eigenvalue weighted by atomic mass is 10.0. The number of nitrogens with one attached hydrogen (secondary N) is 1. The average Bonchev–Trinajstić information content (AvgIpc) is 3.37. The smallest absolute Gasteiger partial charge is 0.236 e. The van der Waals surface area contributed by atoms with E-state index in [0.717, 1.165) is 31.3 Å². The molecule has 178 valence electrons. The number of benzene rings is 3. The topological polar surface area (TPSA) is 80.7 Å². The summed E-state index contributed by atoms with van der Waals surface area (Å²) in [7, 11) is 0. The van der Waals surface area contributed by atoms with Gasteiger partial charge in [0.05, 0.1) is 11.4 Å². The highest BCUT2D eigenvalue weighted by Crippen LogP contribution is 2.31. The quantitative estimate of drug-likeness (QED) is 0.185. The van der Waals surface area contributed by atoms with Crippen molar-refractivity contribution < 1.29 is 4.79 Å². The van der Waals surface area contributed by atoms with Crippen LogP contribution in [-0.4, -0.2) is 31.8 Å². The zero-order valence-electron chi connectivity index (χ0n) is 18.6. The van der Waals surface area contributed by atoms with Gasteiger partial charge in [0, 0.05) is 31.0 Å². The van der Waals surface area contributed by atoms with Crippen molar-refractivity contribution in [2.75, 3.05) is 11.1 Å². The van der Waals surface area contributed by atoms with E-state index in [1.807, 2.05) is 84.2 Å². The molecule has 0 saturated carbocycles. The van der Waals surface area contributed by atoms with Gasteiger partial charge >= 0.3 is 0 Å². The third-order valence-electron chi connectivity index (χ3n) is 5.06. The highest BCUT2D eigenvalue weighted by molar-refractivity contribution is 9.10. The Hall–Kier alpha value is -2.92. The fourth-order valence-corrected chi connectivity index (χ4v) is 5.19. The zero-order valence-corrected chi connectivity index (χ0v) is 23.4. The molecule has 0 unspecified atom stereocenters. The number of thioether (sulfide) groups is 1. The minimum Gasteiger partial charge on any atom is -0.301 e. The molecular weight excluding hydrogens is 622 g/mol. The molecule has 5 rings (SSSR count). The highest BCUT2D eigenvalue weighted by Gasteiger charge is 2.16. The van der Waals surface area contributed by atoms with Gasteiger partial charge in [-0.05, 0) is 24.3 Å². The molecule has 1 amide bonds. The summed E-state index contributed by atoms with van der Waals surface area (Å²) in [6, 6.07) is 25.6. The van der Waals surface area contributed by atoms with Gasteiger partial charge in [0.2, 0.25) is 11.1 Å². The van der Waals surface area contributed by atoms with Gasteiger partial charge in [-0.25, -0.2) is 9.97 Å². The number of carbonyl (C=O) groups is 1. The maximum absolute atomic E-state index is 12.6. The van der Waals surface area contributed by atoms with Gasteiger partial charge in [0.25, 0.3) is 0 Å². The average molecular weight is 639 g/mol. The molecule has 6 nitrogen and oxygen atoms in total. The van der Waals surface area contributed by atoms with Crippen LogP contribution in [0.4, 0.5) is 5.13 Å². The van der Waals surface area contributed by atoms with E-state index in [-0.39, 0.29) is 11.7 Å². The summed E-state index contributed by atoms with van der Waals surface area (Å²) in [5.41, 5.74) is 5.04. The van der Waals surface area contributed by atoms with Crippen LogP contribution in [0.1, 0.15) is 0 Å². The molecule has 10 heteroatoms. The monoisotopic (exact) mass is 637 g/mol. The van der Waals surface area contributed by atoms with Crippen LogP contribution in [-0.2, 0) is 4.79 Å². The van der Waals surface area contributed by atoms with Gasteiger partial charge in [-0.1, -0.05) is 98.2 Å². The number of hydrogen-bond donors (Lipinski definition) is 1. The number of anilines is 1. The second-order valence-electron chi connectivity index (χ2n) is 7.55. The Morgan fingerprint density at radius 1 is 0.778 bits per heavy atom. The minimum absolute atomic E-state index is 0.138. The normalized spacial score (nSPS) is 10.8. The van der Waals surface area contributed by atoms with Crippen LogP contribution in [0, 0.1) is 0 Å². The van der Waals surface area contributed by atoms with Gasteiger partial charge in [-0.2, -0.15) is 0 Å². The predicted octanol–water partition coefficient (Wildman–Crippen LogP) is 7.58. The summed E-state index contributed by atoms with van der Waals surface area (Å²) in [5.74, 6) is -0.0426. The number of hydrogen-bond acceptors (Lipinski definition) is 7. The lowest BCUT2D eigenvalue weighted by Gasteiger charge is -2.10. The first-order valence-electron chi connectivity index (χ1n) is 10.8. The predicted molar refractivity (Wildman–Crippen MR) is 153 cm³/mol. The van der Waals surface area contributed by atoms with Gasteiger partial charge < -0.3 is 5.32 Å². The van der Waals surface area contributed by atoms with Crippen LogP contribution in [0.3, 0.4) is 0 Å². The number of carbonyl (C=O) groups excluding carboxylic acids is 1. The molecule has 2 heterocycles. The molecule has 2 aromatic heterocycles. The molecule has 0 atom stereocenters. The second kappa shape index (κ2) is 11.4. The van der Waals surface area contributed by atoms with E-state index < -0.39 is 0 Å². The summed E-state index contributed by atoms with van der Waals surface area (Å²) in [6.07, 6.45) is 0. The van der Waals surface area contributed by atoms with Crippen molar-refractivity contribution in [3.8, 4) is 33.8 Å². The Bertz CT molecular complexity index is 1490. The summed E-state index contributed by atoms with van der Waals surface area (Å²) in [4.78, 5) is 21.9. The van der Waals surface area contributed by atoms with Crippen LogP contribution in [0.5, 0.6) is 0 Å². The standard InChI is InChI=1S/C26H17Br2N5OS2/c27-19-10-6-17(7-11-19)23-24(18-8-12-20(28)13-9-18)32-33-26(31-23)36-15-22(34)30-25-29-21(14-35-25)16-4-2-1-3-5-16/h1-14H,15H2,(H,29,30,34). The molecule has 36 heavy (non-hydrogen) atoms. The van der Waals surface area contributed by atoms with E-state index >= 15 is 0 Å². The summed E-state index contributed by atoms with van der Waals surface area (Å²) >= 11 is 9.58. The SMILES string of the molecule is O=C(CSc1nnc(-c2ccc(Br)cc2)c(-c2ccc(Br)cc2)n1)Nc1nc(-c2ccccc2)cs1. The minimum atomic E-state index is -0.181. The Kier molecular flexibility index (Phi) is 7.86. The summed E-state index contributed by atoms with van der Waals surface area (Å²) in [6.45, 7) is 0. The van der Waals surface area contributed by atoms with Crippen molar-refractivity contribution in [3.05, 3.63) is 93.2 Å². The Labute approximate surface area is 232 Å². The molecule has 0 bridgehead atoms. The zero-order chi connectivity index (χ0) is 24.9. The second-order valence-corrected chi connectivity index (χ2v) is 11.2. The number of nitrogens with zero attached hydrogens (tertiary/aromatic N) is 4. The fraction of sp³-hybridized carbons (Fsp3) is 0.0385. The van der Waals surface area contributed by atoms with Crippen LogP contribution < -0.4 is 5.32 Å². The molecule has 5 aromatic rings. The number of thiazole rings is 1. The number of rotatable bonds is 7. The van der Waals surface area contributed by atoms with Crippen molar-refractivity contribution in [2.45, 2.75) is 5.16 Å². The van der Waals surface area contributed by atoms with Gasteiger partial charge in [-0.15, -0.1) is 21.5 Å². The summed E-state index contributed by atoms with van der Waals surface area (Å²) in [5, 5.41) is 14.5. The lowest BCUT2D eigenvalue weighted by molar-refractivity contribution is -0.113. The Morgan fingerprint density at radius 3 is 2.08 bits per heavy atom. The van der Waals surface area contributed by atoms with Crippen molar-refractivity contribution in [2.24, 2.45) is 0 Å².